The number of carbonyl (C=O) groups is 1. The second kappa shape index (κ2) is 8.22. The number of rotatable bonds is 6. The highest BCUT2D eigenvalue weighted by Gasteiger charge is 2.47. The van der Waals surface area contributed by atoms with Gasteiger partial charge in [-0.3, -0.25) is 10.1 Å². The van der Waals surface area contributed by atoms with Crippen LogP contribution in [0.3, 0.4) is 0 Å². The number of halogens is 1. The number of hydrogen-bond acceptors (Lipinski definition) is 5. The van der Waals surface area contributed by atoms with Crippen LogP contribution < -0.4 is 0 Å². The Bertz CT molecular complexity index is 881. The molecule has 2 aromatic carbocycles. The van der Waals surface area contributed by atoms with E-state index in [0.717, 1.165) is 5.56 Å². The lowest BCUT2D eigenvalue weighted by molar-refractivity contribution is -0.570. The maximum Gasteiger partial charge on any atom is 0.374 e. The van der Waals surface area contributed by atoms with Crippen LogP contribution in [0.2, 0.25) is 5.02 Å². The maximum atomic E-state index is 12.5. The minimum Gasteiger partial charge on any atom is -0.455 e. The Balaban J connectivity index is 1.89. The van der Waals surface area contributed by atoms with E-state index in [4.69, 9.17) is 21.1 Å². The Morgan fingerprint density at radius 2 is 1.96 bits per heavy atom. The summed E-state index contributed by atoms with van der Waals surface area (Å²) >= 11 is 6.04. The van der Waals surface area contributed by atoms with E-state index in [1.807, 2.05) is 37.3 Å². The van der Waals surface area contributed by atoms with Crippen LogP contribution >= 0.6 is 11.6 Å². The Morgan fingerprint density at radius 3 is 2.59 bits per heavy atom. The van der Waals surface area contributed by atoms with Crippen molar-refractivity contribution in [1.82, 2.24) is 0 Å². The molecule has 0 saturated carbocycles. The van der Waals surface area contributed by atoms with Gasteiger partial charge in [-0.2, -0.15) is 0 Å². The lowest BCUT2D eigenvalue weighted by Crippen LogP contribution is -2.26. The Kier molecular flexibility index (Phi) is 5.76. The van der Waals surface area contributed by atoms with Gasteiger partial charge in [0.2, 0.25) is 5.76 Å². The molecular formula is C20H18ClNO5. The molecule has 27 heavy (non-hydrogen) atoms. The molecule has 0 bridgehead atoms. The van der Waals surface area contributed by atoms with Crippen molar-refractivity contribution in [3.8, 4) is 0 Å². The first kappa shape index (κ1) is 18.9. The number of carbonyl (C=O) groups excluding carboxylic acids is 1. The molecular weight excluding hydrogens is 370 g/mol. The largest absolute Gasteiger partial charge is 0.455 e. The van der Waals surface area contributed by atoms with E-state index in [-0.39, 0.29) is 12.4 Å². The highest BCUT2D eigenvalue weighted by Crippen LogP contribution is 2.42. The smallest absolute Gasteiger partial charge is 0.374 e. The lowest BCUT2D eigenvalue weighted by Gasteiger charge is -2.14. The number of ether oxygens (including phenoxy) is 2. The average molecular weight is 388 g/mol. The first-order valence-corrected chi connectivity index (χ1v) is 8.88. The summed E-state index contributed by atoms with van der Waals surface area (Å²) in [7, 11) is 0. The van der Waals surface area contributed by atoms with E-state index in [1.165, 1.54) is 0 Å². The first-order chi connectivity index (χ1) is 13.0. The van der Waals surface area contributed by atoms with Crippen LogP contribution in [-0.2, 0) is 20.9 Å². The molecule has 2 atom stereocenters. The monoisotopic (exact) mass is 387 g/mol. The number of nitro groups is 1. The zero-order valence-corrected chi connectivity index (χ0v) is 15.4. The van der Waals surface area contributed by atoms with Crippen LogP contribution in [0.25, 0.3) is 0 Å². The zero-order valence-electron chi connectivity index (χ0n) is 14.6. The van der Waals surface area contributed by atoms with Crippen molar-refractivity contribution in [2.24, 2.45) is 0 Å². The van der Waals surface area contributed by atoms with E-state index in [9.17, 15) is 14.9 Å². The normalized spacial score (nSPS) is 18.9. The van der Waals surface area contributed by atoms with E-state index < -0.39 is 23.0 Å². The molecule has 140 valence electrons. The molecule has 0 radical (unpaired) electrons. The summed E-state index contributed by atoms with van der Waals surface area (Å²) in [4.78, 5) is 23.6. The van der Waals surface area contributed by atoms with Gasteiger partial charge in [-0.05, 0) is 35.3 Å². The van der Waals surface area contributed by atoms with Gasteiger partial charge in [-0.15, -0.1) is 0 Å². The average Bonchev–Trinajstić information content (AvgIpc) is 3.07. The Labute approximate surface area is 161 Å². The van der Waals surface area contributed by atoms with Gasteiger partial charge in [0.1, 0.15) is 12.5 Å². The predicted molar refractivity (Wildman–Crippen MR) is 99.6 cm³/mol. The predicted octanol–water partition coefficient (Wildman–Crippen LogP) is 4.46. The number of nitrogens with zero attached hydrogens (tertiary/aromatic N) is 1. The van der Waals surface area contributed by atoms with Crippen molar-refractivity contribution < 1.29 is 19.2 Å². The van der Waals surface area contributed by atoms with Crippen LogP contribution in [0.5, 0.6) is 0 Å². The summed E-state index contributed by atoms with van der Waals surface area (Å²) in [5.41, 5.74) is 1.99. The van der Waals surface area contributed by atoms with Gasteiger partial charge in [0.15, 0.2) is 0 Å². The van der Waals surface area contributed by atoms with Crippen LogP contribution in [-0.4, -0.2) is 17.1 Å². The molecule has 0 fully saturated rings. The second-order valence-corrected chi connectivity index (χ2v) is 6.53. The third kappa shape index (κ3) is 4.11. The quantitative estimate of drug-likeness (QED) is 0.415. The topological polar surface area (TPSA) is 78.7 Å². The van der Waals surface area contributed by atoms with Gasteiger partial charge in [0.05, 0.1) is 4.92 Å². The molecule has 0 unspecified atom stereocenters. The van der Waals surface area contributed by atoms with E-state index in [1.54, 1.807) is 24.3 Å². The van der Waals surface area contributed by atoms with Gasteiger partial charge in [0, 0.05) is 5.02 Å². The van der Waals surface area contributed by atoms with Gasteiger partial charge in [-0.25, -0.2) is 4.79 Å². The zero-order chi connectivity index (χ0) is 19.4. The third-order valence-corrected chi connectivity index (χ3v) is 4.62. The summed E-state index contributed by atoms with van der Waals surface area (Å²) in [6.07, 6.45) is -0.977. The van der Waals surface area contributed by atoms with E-state index in [0.29, 0.717) is 22.6 Å². The molecule has 1 aliphatic rings. The number of benzene rings is 2. The molecule has 0 spiro atoms. The first-order valence-electron chi connectivity index (χ1n) is 8.51. The molecule has 0 N–H and O–H groups in total. The summed E-state index contributed by atoms with van der Waals surface area (Å²) < 4.78 is 10.8. The fourth-order valence-corrected chi connectivity index (χ4v) is 3.36. The molecule has 1 heterocycles. The SMILES string of the molecule is CCC1=C(C(=O)OCc2ccccc2)O[C@H]([N+](=O)[O-])[C@H]1c1cccc(Cl)c1. The van der Waals surface area contributed by atoms with E-state index >= 15 is 0 Å². The molecule has 0 aromatic heterocycles. The molecule has 2 aromatic rings. The van der Waals surface area contributed by atoms with Gasteiger partial charge in [0.25, 0.3) is 0 Å². The summed E-state index contributed by atoms with van der Waals surface area (Å²) in [5.74, 6) is -1.48. The molecule has 0 aliphatic carbocycles. The Morgan fingerprint density at radius 1 is 1.22 bits per heavy atom. The molecule has 3 rings (SSSR count). The highest BCUT2D eigenvalue weighted by molar-refractivity contribution is 6.30. The van der Waals surface area contributed by atoms with Gasteiger partial charge < -0.3 is 9.47 Å². The fourth-order valence-electron chi connectivity index (χ4n) is 3.16. The molecule has 0 amide bonds. The van der Waals surface area contributed by atoms with Crippen molar-refractivity contribution >= 4 is 17.6 Å². The number of esters is 1. The Hall–Kier alpha value is -2.86. The molecule has 1 aliphatic heterocycles. The summed E-state index contributed by atoms with van der Waals surface area (Å²) in [5, 5.41) is 12.0. The third-order valence-electron chi connectivity index (χ3n) is 4.39. The van der Waals surface area contributed by atoms with Crippen molar-refractivity contribution in [3.63, 3.8) is 0 Å². The lowest BCUT2D eigenvalue weighted by atomic mass is 9.89. The fraction of sp³-hybridized carbons (Fsp3) is 0.250. The minimum atomic E-state index is -1.39. The van der Waals surface area contributed by atoms with Crippen molar-refractivity contribution in [2.45, 2.75) is 32.1 Å². The van der Waals surface area contributed by atoms with Crippen molar-refractivity contribution in [1.29, 1.82) is 0 Å². The summed E-state index contributed by atoms with van der Waals surface area (Å²) in [6.45, 7) is 1.89. The van der Waals surface area contributed by atoms with Crippen LogP contribution in [0.4, 0.5) is 0 Å². The van der Waals surface area contributed by atoms with Crippen molar-refractivity contribution in [3.05, 3.63) is 92.2 Å². The van der Waals surface area contributed by atoms with Crippen LogP contribution in [0.1, 0.15) is 30.4 Å². The molecule has 6 nitrogen and oxygen atoms in total. The highest BCUT2D eigenvalue weighted by atomic mass is 35.5. The van der Waals surface area contributed by atoms with Crippen molar-refractivity contribution in [2.75, 3.05) is 0 Å². The van der Waals surface area contributed by atoms with E-state index in [2.05, 4.69) is 0 Å². The van der Waals surface area contributed by atoms with Crippen LogP contribution in [0, 0.1) is 10.1 Å². The maximum absolute atomic E-state index is 12.5. The van der Waals surface area contributed by atoms with Crippen LogP contribution in [0.15, 0.2) is 65.9 Å². The standard InChI is InChI=1S/C20H18ClNO5/c1-2-16-17(14-9-6-10-15(21)11-14)19(22(24)25)27-18(16)20(23)26-12-13-7-4-3-5-8-13/h3-11,17,19H,2,12H2,1H3/t17-,19-/m0/s1. The molecule has 0 saturated heterocycles. The number of hydrogen-bond donors (Lipinski definition) is 0. The molecule has 7 heteroatoms. The second-order valence-electron chi connectivity index (χ2n) is 6.10. The van der Waals surface area contributed by atoms with Gasteiger partial charge in [-0.1, -0.05) is 61.0 Å². The minimum absolute atomic E-state index is 0.0640. The van der Waals surface area contributed by atoms with Gasteiger partial charge >= 0.3 is 12.2 Å². The summed E-state index contributed by atoms with van der Waals surface area (Å²) in [6, 6.07) is 16.0.